The molecule has 0 atom stereocenters. The summed E-state index contributed by atoms with van der Waals surface area (Å²) < 4.78 is 5.38. The summed E-state index contributed by atoms with van der Waals surface area (Å²) in [6.07, 6.45) is 7.92. The molecular weight excluding hydrogens is 286 g/mol. The number of para-hydroxylation sites is 1. The van der Waals surface area contributed by atoms with Crippen LogP contribution in [0.1, 0.15) is 55.3 Å². The van der Waals surface area contributed by atoms with Crippen molar-refractivity contribution < 1.29 is 4.52 Å². The number of nitrogen functional groups attached to an aromatic ring is 1. The number of rotatable bonds is 4. The molecule has 1 fully saturated rings. The van der Waals surface area contributed by atoms with E-state index in [1.54, 1.807) is 0 Å². The number of hydrogen-bond acceptors (Lipinski definition) is 4. The number of aryl methyl sites for hydroxylation is 2. The van der Waals surface area contributed by atoms with E-state index in [2.05, 4.69) is 10.1 Å². The highest BCUT2D eigenvalue weighted by atomic mass is 35.5. The molecule has 3 rings (SSSR count). The van der Waals surface area contributed by atoms with Crippen molar-refractivity contribution in [1.29, 1.82) is 0 Å². The highest BCUT2D eigenvalue weighted by Crippen LogP contribution is 2.30. The number of nitrogens with zero attached hydrogens (tertiary/aromatic N) is 2. The Morgan fingerprint density at radius 2 is 1.86 bits per heavy atom. The Labute approximate surface area is 131 Å². The molecule has 2 N–H and O–H groups in total. The van der Waals surface area contributed by atoms with Gasteiger partial charge in [-0.25, -0.2) is 0 Å². The van der Waals surface area contributed by atoms with Gasteiger partial charge in [-0.05, 0) is 30.9 Å². The average molecular weight is 308 g/mol. The molecule has 0 bridgehead atoms. The SMILES string of the molecule is Cl.Nc1ccccc1CCc1nc(C2CCCCC2)no1. The molecule has 1 aliphatic rings. The molecule has 0 radical (unpaired) electrons. The first-order chi connectivity index (χ1) is 9.83. The first-order valence-electron chi connectivity index (χ1n) is 7.49. The van der Waals surface area contributed by atoms with E-state index in [0.717, 1.165) is 35.8 Å². The molecule has 0 aliphatic heterocycles. The first kappa shape index (κ1) is 15.8. The number of anilines is 1. The fraction of sp³-hybridized carbons (Fsp3) is 0.500. The summed E-state index contributed by atoms with van der Waals surface area (Å²) in [5, 5.41) is 4.16. The molecule has 1 aromatic heterocycles. The van der Waals surface area contributed by atoms with E-state index < -0.39 is 0 Å². The van der Waals surface area contributed by atoms with Crippen LogP contribution in [0.3, 0.4) is 0 Å². The fourth-order valence-corrected chi connectivity index (χ4v) is 2.90. The lowest BCUT2D eigenvalue weighted by Gasteiger charge is -2.17. The summed E-state index contributed by atoms with van der Waals surface area (Å²) in [5.41, 5.74) is 7.92. The van der Waals surface area contributed by atoms with Gasteiger partial charge in [-0.3, -0.25) is 0 Å². The second-order valence-electron chi connectivity index (χ2n) is 5.58. The lowest BCUT2D eigenvalue weighted by atomic mass is 9.89. The number of benzene rings is 1. The molecule has 1 aliphatic carbocycles. The molecular formula is C16H22ClN3O. The van der Waals surface area contributed by atoms with Crippen LogP contribution in [0.5, 0.6) is 0 Å². The predicted octanol–water partition coefficient (Wildman–Crippen LogP) is 3.91. The Kier molecular flexibility index (Phi) is 5.62. The molecule has 21 heavy (non-hydrogen) atoms. The van der Waals surface area contributed by atoms with E-state index in [4.69, 9.17) is 10.3 Å². The van der Waals surface area contributed by atoms with Crippen LogP contribution in [0.2, 0.25) is 0 Å². The molecule has 1 heterocycles. The molecule has 0 spiro atoms. The Hall–Kier alpha value is -1.55. The van der Waals surface area contributed by atoms with Gasteiger partial charge >= 0.3 is 0 Å². The molecule has 5 heteroatoms. The second-order valence-corrected chi connectivity index (χ2v) is 5.58. The Morgan fingerprint density at radius 3 is 2.62 bits per heavy atom. The van der Waals surface area contributed by atoms with Gasteiger partial charge in [-0.1, -0.05) is 42.6 Å². The highest BCUT2D eigenvalue weighted by molar-refractivity contribution is 5.85. The van der Waals surface area contributed by atoms with Crippen LogP contribution in [-0.2, 0) is 12.8 Å². The zero-order valence-corrected chi connectivity index (χ0v) is 12.9. The smallest absolute Gasteiger partial charge is 0.226 e. The van der Waals surface area contributed by atoms with Crippen LogP contribution in [0, 0.1) is 0 Å². The first-order valence-corrected chi connectivity index (χ1v) is 7.49. The van der Waals surface area contributed by atoms with E-state index >= 15 is 0 Å². The van der Waals surface area contributed by atoms with Crippen LogP contribution in [0.15, 0.2) is 28.8 Å². The monoisotopic (exact) mass is 307 g/mol. The van der Waals surface area contributed by atoms with E-state index in [0.29, 0.717) is 5.92 Å². The second kappa shape index (κ2) is 7.46. The zero-order valence-electron chi connectivity index (χ0n) is 12.1. The van der Waals surface area contributed by atoms with E-state index in [9.17, 15) is 0 Å². The highest BCUT2D eigenvalue weighted by Gasteiger charge is 2.20. The Morgan fingerprint density at radius 1 is 1.10 bits per heavy atom. The van der Waals surface area contributed by atoms with Crippen molar-refractivity contribution in [3.05, 3.63) is 41.5 Å². The third-order valence-corrected chi connectivity index (χ3v) is 4.12. The summed E-state index contributed by atoms with van der Waals surface area (Å²) in [4.78, 5) is 4.56. The predicted molar refractivity (Wildman–Crippen MR) is 85.6 cm³/mol. The van der Waals surface area contributed by atoms with Crippen molar-refractivity contribution in [2.45, 2.75) is 50.9 Å². The molecule has 1 aromatic carbocycles. The summed E-state index contributed by atoms with van der Waals surface area (Å²) in [6.45, 7) is 0. The van der Waals surface area contributed by atoms with Gasteiger partial charge in [0.05, 0.1) is 0 Å². The minimum absolute atomic E-state index is 0. The minimum Gasteiger partial charge on any atom is -0.399 e. The van der Waals surface area contributed by atoms with Crippen LogP contribution in [0.25, 0.3) is 0 Å². The van der Waals surface area contributed by atoms with Crippen LogP contribution >= 0.6 is 12.4 Å². The van der Waals surface area contributed by atoms with E-state index in [1.807, 2.05) is 24.3 Å². The zero-order chi connectivity index (χ0) is 13.8. The van der Waals surface area contributed by atoms with Gasteiger partial charge in [0.2, 0.25) is 5.89 Å². The van der Waals surface area contributed by atoms with Gasteiger partial charge in [0.1, 0.15) is 0 Å². The summed E-state index contributed by atoms with van der Waals surface area (Å²) in [5.74, 6) is 2.14. The summed E-state index contributed by atoms with van der Waals surface area (Å²) in [7, 11) is 0. The quantitative estimate of drug-likeness (QED) is 0.870. The standard InChI is InChI=1S/C16H21N3O.ClH/c17-14-9-5-4-6-12(14)10-11-15-18-16(19-20-15)13-7-2-1-3-8-13;/h4-6,9,13H,1-3,7-8,10-11,17H2;1H. The van der Waals surface area contributed by atoms with Gasteiger partial charge in [0, 0.05) is 18.0 Å². The van der Waals surface area contributed by atoms with Gasteiger partial charge in [-0.2, -0.15) is 4.98 Å². The van der Waals surface area contributed by atoms with Crippen LogP contribution in [-0.4, -0.2) is 10.1 Å². The molecule has 0 unspecified atom stereocenters. The fourth-order valence-electron chi connectivity index (χ4n) is 2.90. The lowest BCUT2D eigenvalue weighted by molar-refractivity contribution is 0.358. The molecule has 114 valence electrons. The molecule has 0 saturated heterocycles. The maximum atomic E-state index is 5.94. The van der Waals surface area contributed by atoms with Crippen LogP contribution in [0.4, 0.5) is 5.69 Å². The molecule has 0 amide bonds. The molecule has 1 saturated carbocycles. The van der Waals surface area contributed by atoms with Gasteiger partial charge in [0.25, 0.3) is 0 Å². The third kappa shape index (κ3) is 3.97. The summed E-state index contributed by atoms with van der Waals surface area (Å²) >= 11 is 0. The molecule has 4 nitrogen and oxygen atoms in total. The molecule has 2 aromatic rings. The van der Waals surface area contributed by atoms with Crippen molar-refractivity contribution >= 4 is 18.1 Å². The minimum atomic E-state index is 0. The van der Waals surface area contributed by atoms with Crippen molar-refractivity contribution in [1.82, 2.24) is 10.1 Å². The number of halogens is 1. The number of hydrogen-bond donors (Lipinski definition) is 1. The average Bonchev–Trinajstić information content (AvgIpc) is 2.96. The van der Waals surface area contributed by atoms with Crippen LogP contribution < -0.4 is 5.73 Å². The summed E-state index contributed by atoms with van der Waals surface area (Å²) in [6, 6.07) is 7.93. The largest absolute Gasteiger partial charge is 0.399 e. The topological polar surface area (TPSA) is 64.9 Å². The number of aromatic nitrogens is 2. The van der Waals surface area contributed by atoms with Gasteiger partial charge < -0.3 is 10.3 Å². The normalized spacial score (nSPS) is 15.6. The third-order valence-electron chi connectivity index (χ3n) is 4.12. The van der Waals surface area contributed by atoms with Crippen molar-refractivity contribution in [2.75, 3.05) is 5.73 Å². The van der Waals surface area contributed by atoms with E-state index in [-0.39, 0.29) is 12.4 Å². The van der Waals surface area contributed by atoms with Crippen molar-refractivity contribution in [3.8, 4) is 0 Å². The van der Waals surface area contributed by atoms with Crippen molar-refractivity contribution in [2.24, 2.45) is 0 Å². The van der Waals surface area contributed by atoms with Crippen molar-refractivity contribution in [3.63, 3.8) is 0 Å². The van der Waals surface area contributed by atoms with E-state index in [1.165, 1.54) is 32.1 Å². The Bertz CT molecular complexity index is 564. The number of nitrogens with two attached hydrogens (primary N) is 1. The van der Waals surface area contributed by atoms with Gasteiger partial charge in [0.15, 0.2) is 5.82 Å². The lowest BCUT2D eigenvalue weighted by Crippen LogP contribution is -2.06. The maximum Gasteiger partial charge on any atom is 0.226 e. The van der Waals surface area contributed by atoms with Gasteiger partial charge in [-0.15, -0.1) is 12.4 Å². The Balaban J connectivity index is 0.00000161. The maximum absolute atomic E-state index is 5.94.